The number of hydrogen-bond donors (Lipinski definition) is 1. The molecule has 0 aliphatic heterocycles. The van der Waals surface area contributed by atoms with Gasteiger partial charge in [-0.2, -0.15) is 5.26 Å². The van der Waals surface area contributed by atoms with Crippen LogP contribution in [0.25, 0.3) is 10.9 Å². The Morgan fingerprint density at radius 1 is 1.39 bits per heavy atom. The second-order valence-electron chi connectivity index (χ2n) is 5.18. The van der Waals surface area contributed by atoms with Crippen LogP contribution >= 0.6 is 0 Å². The number of nitriles is 1. The molecule has 0 aliphatic rings. The summed E-state index contributed by atoms with van der Waals surface area (Å²) in [6.07, 6.45) is 1.48. The van der Waals surface area contributed by atoms with E-state index in [4.69, 9.17) is 2.74 Å². The molecule has 0 fully saturated rings. The SMILES string of the molecule is [2H]C([2H])(Nc1c(C#N)cnc2ccccc12)C(C)(C)C. The number of fused-ring (bicyclic) bond motifs is 1. The molecule has 1 N–H and O–H groups in total. The summed E-state index contributed by atoms with van der Waals surface area (Å²) < 4.78 is 16.4. The van der Waals surface area contributed by atoms with Crippen molar-refractivity contribution in [2.45, 2.75) is 20.8 Å². The minimum absolute atomic E-state index is 0.344. The second kappa shape index (κ2) is 4.66. The van der Waals surface area contributed by atoms with Gasteiger partial charge in [0.1, 0.15) is 6.07 Å². The summed E-state index contributed by atoms with van der Waals surface area (Å²) >= 11 is 0. The zero-order chi connectivity index (χ0) is 15.0. The molecular weight excluding hydrogens is 222 g/mol. The lowest BCUT2D eigenvalue weighted by atomic mass is 9.96. The summed E-state index contributed by atoms with van der Waals surface area (Å²) in [6.45, 7) is 3.79. The molecule has 0 amide bonds. The molecule has 0 aliphatic carbocycles. The van der Waals surface area contributed by atoms with Crippen molar-refractivity contribution >= 4 is 16.6 Å². The maximum Gasteiger partial charge on any atom is 0.103 e. The van der Waals surface area contributed by atoms with Crippen LogP contribution in [0.5, 0.6) is 0 Å². The zero-order valence-electron chi connectivity index (χ0n) is 12.8. The van der Waals surface area contributed by atoms with Gasteiger partial charge in [-0.25, -0.2) is 0 Å². The van der Waals surface area contributed by atoms with E-state index in [1.807, 2.05) is 45.0 Å². The largest absolute Gasteiger partial charge is 0.383 e. The molecule has 2 rings (SSSR count). The minimum atomic E-state index is -1.65. The minimum Gasteiger partial charge on any atom is -0.383 e. The molecule has 0 radical (unpaired) electrons. The first-order valence-electron chi connectivity index (χ1n) is 6.82. The molecule has 0 spiro atoms. The van der Waals surface area contributed by atoms with E-state index in [-0.39, 0.29) is 0 Å². The molecule has 1 heterocycles. The van der Waals surface area contributed by atoms with E-state index in [0.717, 1.165) is 10.9 Å². The third-order valence-electron chi connectivity index (χ3n) is 2.46. The average molecular weight is 241 g/mol. The van der Waals surface area contributed by atoms with Crippen LogP contribution in [-0.2, 0) is 0 Å². The van der Waals surface area contributed by atoms with Gasteiger partial charge in [-0.15, -0.1) is 0 Å². The molecule has 1 aromatic carbocycles. The number of anilines is 1. The van der Waals surface area contributed by atoms with Crippen molar-refractivity contribution in [3.63, 3.8) is 0 Å². The molecule has 0 atom stereocenters. The van der Waals surface area contributed by atoms with E-state index >= 15 is 0 Å². The number of para-hydroxylation sites is 1. The third kappa shape index (κ3) is 2.60. The topological polar surface area (TPSA) is 48.7 Å². The summed E-state index contributed by atoms with van der Waals surface area (Å²) in [7, 11) is 0. The monoisotopic (exact) mass is 241 g/mol. The van der Waals surface area contributed by atoms with Crippen molar-refractivity contribution in [1.82, 2.24) is 4.98 Å². The Morgan fingerprint density at radius 2 is 2.11 bits per heavy atom. The van der Waals surface area contributed by atoms with Crippen molar-refractivity contribution in [2.75, 3.05) is 11.8 Å². The van der Waals surface area contributed by atoms with Crippen LogP contribution in [-0.4, -0.2) is 11.5 Å². The molecule has 3 nitrogen and oxygen atoms in total. The summed E-state index contributed by atoms with van der Waals surface area (Å²) in [5.74, 6) is 0. The van der Waals surface area contributed by atoms with E-state index in [1.54, 1.807) is 0 Å². The highest BCUT2D eigenvalue weighted by atomic mass is 14.9. The number of pyridine rings is 1. The molecule has 92 valence electrons. The van der Waals surface area contributed by atoms with Crippen LogP contribution in [0.4, 0.5) is 5.69 Å². The number of aromatic nitrogens is 1. The van der Waals surface area contributed by atoms with Crippen molar-refractivity contribution in [3.8, 4) is 6.07 Å². The van der Waals surface area contributed by atoms with E-state index in [9.17, 15) is 5.26 Å². The lowest BCUT2D eigenvalue weighted by Gasteiger charge is -2.21. The van der Waals surface area contributed by atoms with E-state index < -0.39 is 11.9 Å². The van der Waals surface area contributed by atoms with Gasteiger partial charge in [0.25, 0.3) is 0 Å². The molecule has 0 bridgehead atoms. The average Bonchev–Trinajstić information content (AvgIpc) is 2.37. The molecular formula is C15H17N3. The van der Waals surface area contributed by atoms with Crippen molar-refractivity contribution < 1.29 is 2.74 Å². The smallest absolute Gasteiger partial charge is 0.103 e. The first-order chi connectivity index (χ1) is 9.26. The summed E-state index contributed by atoms with van der Waals surface area (Å²) in [6, 6.07) is 9.46. The Morgan fingerprint density at radius 3 is 2.78 bits per heavy atom. The van der Waals surface area contributed by atoms with Crippen LogP contribution < -0.4 is 5.32 Å². The van der Waals surface area contributed by atoms with E-state index in [1.165, 1.54) is 6.20 Å². The Balaban J connectivity index is 2.62. The van der Waals surface area contributed by atoms with Crippen molar-refractivity contribution in [2.24, 2.45) is 5.41 Å². The van der Waals surface area contributed by atoms with E-state index in [2.05, 4.69) is 16.4 Å². The van der Waals surface area contributed by atoms with Crippen molar-refractivity contribution in [1.29, 1.82) is 5.26 Å². The molecule has 0 saturated heterocycles. The quantitative estimate of drug-likeness (QED) is 0.874. The molecule has 1 aromatic heterocycles. The number of nitrogens with zero attached hydrogens (tertiary/aromatic N) is 2. The predicted molar refractivity (Wildman–Crippen MR) is 74.4 cm³/mol. The van der Waals surface area contributed by atoms with Gasteiger partial charge < -0.3 is 5.32 Å². The number of benzene rings is 1. The number of hydrogen-bond acceptors (Lipinski definition) is 3. The molecule has 0 unspecified atom stereocenters. The maximum atomic E-state index is 9.23. The van der Waals surface area contributed by atoms with Gasteiger partial charge in [0.05, 0.1) is 16.8 Å². The third-order valence-corrected chi connectivity index (χ3v) is 2.46. The summed E-state index contributed by atoms with van der Waals surface area (Å²) in [5.41, 5.74) is 0.970. The molecule has 18 heavy (non-hydrogen) atoms. The van der Waals surface area contributed by atoms with Crippen LogP contribution in [0.1, 0.15) is 29.1 Å². The predicted octanol–water partition coefficient (Wildman–Crippen LogP) is 3.56. The Kier molecular flexibility index (Phi) is 2.56. The highest BCUT2D eigenvalue weighted by Gasteiger charge is 2.13. The molecule has 0 saturated carbocycles. The zero-order valence-corrected chi connectivity index (χ0v) is 10.8. The van der Waals surface area contributed by atoms with Gasteiger partial charge in [0.15, 0.2) is 0 Å². The van der Waals surface area contributed by atoms with Crippen LogP contribution in [0.3, 0.4) is 0 Å². The van der Waals surface area contributed by atoms with Gasteiger partial charge in [0, 0.05) is 20.8 Å². The van der Waals surface area contributed by atoms with Gasteiger partial charge in [0.2, 0.25) is 0 Å². The molecule has 3 heteroatoms. The van der Waals surface area contributed by atoms with Gasteiger partial charge in [-0.1, -0.05) is 39.0 Å². The molecule has 2 aromatic rings. The van der Waals surface area contributed by atoms with Gasteiger partial charge in [-0.05, 0) is 11.5 Å². The Hall–Kier alpha value is -2.08. The highest BCUT2D eigenvalue weighted by molar-refractivity contribution is 5.93. The fourth-order valence-corrected chi connectivity index (χ4v) is 1.61. The van der Waals surface area contributed by atoms with Gasteiger partial charge >= 0.3 is 0 Å². The number of nitrogens with one attached hydrogen (secondary N) is 1. The second-order valence-corrected chi connectivity index (χ2v) is 5.18. The van der Waals surface area contributed by atoms with Gasteiger partial charge in [-0.3, -0.25) is 4.98 Å². The van der Waals surface area contributed by atoms with Crippen LogP contribution in [0.2, 0.25) is 0 Å². The lowest BCUT2D eigenvalue weighted by molar-refractivity contribution is 0.443. The lowest BCUT2D eigenvalue weighted by Crippen LogP contribution is -2.19. The van der Waals surface area contributed by atoms with E-state index in [0.29, 0.717) is 11.3 Å². The van der Waals surface area contributed by atoms with Crippen LogP contribution in [0, 0.1) is 16.7 Å². The first kappa shape index (κ1) is 9.90. The Bertz CT molecular complexity index is 682. The first-order valence-corrected chi connectivity index (χ1v) is 5.82. The van der Waals surface area contributed by atoms with Crippen molar-refractivity contribution in [3.05, 3.63) is 36.0 Å². The van der Waals surface area contributed by atoms with Crippen LogP contribution in [0.15, 0.2) is 30.5 Å². The summed E-state index contributed by atoms with van der Waals surface area (Å²) in [4.78, 5) is 4.22. The fourth-order valence-electron chi connectivity index (χ4n) is 1.61. The number of rotatable bonds is 2. The maximum absolute atomic E-state index is 9.23. The highest BCUT2D eigenvalue weighted by Crippen LogP contribution is 2.26. The standard InChI is InChI=1S/C15H17N3/c1-15(2,3)10-18-14-11(8-16)9-17-13-7-5-4-6-12(13)14/h4-7,9H,10H2,1-3H3,(H,17,18)/i10D2. The fraction of sp³-hybridized carbons (Fsp3) is 0.333. The Labute approximate surface area is 110 Å². The normalized spacial score (nSPS) is 13.7. The summed E-state index contributed by atoms with van der Waals surface area (Å²) in [5, 5.41) is 12.9.